The molecule has 0 spiro atoms. The van der Waals surface area contributed by atoms with Crippen LogP contribution in [0.1, 0.15) is 40.0 Å². The number of nitrogens with one attached hydrogen (secondary N) is 1. The van der Waals surface area contributed by atoms with E-state index in [1.807, 2.05) is 0 Å². The molecule has 1 aliphatic rings. The van der Waals surface area contributed by atoms with Gasteiger partial charge in [-0.05, 0) is 38.1 Å². The summed E-state index contributed by atoms with van der Waals surface area (Å²) < 4.78 is 0. The smallest absolute Gasteiger partial charge is 0.00645 e. The Balaban J connectivity index is 2.28. The van der Waals surface area contributed by atoms with Crippen molar-refractivity contribution in [1.29, 1.82) is 0 Å². The van der Waals surface area contributed by atoms with Crippen molar-refractivity contribution in [2.45, 2.75) is 46.1 Å². The fraction of sp³-hybridized carbons (Fsp3) is 1.00. The van der Waals surface area contributed by atoms with Gasteiger partial charge in [0, 0.05) is 6.04 Å². The van der Waals surface area contributed by atoms with Crippen LogP contribution in [0, 0.1) is 11.8 Å². The minimum atomic E-state index is 0.739. The van der Waals surface area contributed by atoms with Crippen molar-refractivity contribution in [3.8, 4) is 0 Å². The summed E-state index contributed by atoms with van der Waals surface area (Å²) in [6.45, 7) is 8.19. The summed E-state index contributed by atoms with van der Waals surface area (Å²) in [6.07, 6.45) is 4.18. The molecule has 0 aromatic heterocycles. The van der Waals surface area contributed by atoms with Crippen LogP contribution >= 0.6 is 0 Å². The van der Waals surface area contributed by atoms with Crippen LogP contribution in [-0.2, 0) is 0 Å². The number of hydrogen-bond acceptors (Lipinski definition) is 1. The van der Waals surface area contributed by atoms with E-state index in [2.05, 4.69) is 26.1 Å². The average molecular weight is 155 g/mol. The van der Waals surface area contributed by atoms with E-state index < -0.39 is 0 Å². The third-order valence-corrected chi connectivity index (χ3v) is 2.98. The Hall–Kier alpha value is -0.0400. The van der Waals surface area contributed by atoms with Gasteiger partial charge in [-0.2, -0.15) is 0 Å². The van der Waals surface area contributed by atoms with Crippen LogP contribution in [-0.4, -0.2) is 12.6 Å². The molecule has 1 N–H and O–H groups in total. The topological polar surface area (TPSA) is 12.0 Å². The molecule has 1 heterocycles. The highest BCUT2D eigenvalue weighted by molar-refractivity contribution is 4.79. The summed E-state index contributed by atoms with van der Waals surface area (Å²) in [5, 5.41) is 3.57. The van der Waals surface area contributed by atoms with Gasteiger partial charge in [-0.3, -0.25) is 0 Å². The van der Waals surface area contributed by atoms with E-state index in [4.69, 9.17) is 0 Å². The van der Waals surface area contributed by atoms with E-state index in [9.17, 15) is 0 Å². The lowest BCUT2D eigenvalue weighted by atomic mass is 9.84. The molecule has 1 aliphatic heterocycles. The summed E-state index contributed by atoms with van der Waals surface area (Å²) in [7, 11) is 0. The van der Waals surface area contributed by atoms with Crippen molar-refractivity contribution in [3.05, 3.63) is 0 Å². The van der Waals surface area contributed by atoms with Crippen LogP contribution in [0.4, 0.5) is 0 Å². The summed E-state index contributed by atoms with van der Waals surface area (Å²) >= 11 is 0. The summed E-state index contributed by atoms with van der Waals surface area (Å²) in [5.41, 5.74) is 0. The minimum absolute atomic E-state index is 0.739. The van der Waals surface area contributed by atoms with Gasteiger partial charge in [-0.1, -0.05) is 20.3 Å². The Kier molecular flexibility index (Phi) is 3.38. The van der Waals surface area contributed by atoms with Gasteiger partial charge in [-0.25, -0.2) is 0 Å². The molecule has 0 amide bonds. The monoisotopic (exact) mass is 155 g/mol. The molecule has 0 aromatic carbocycles. The highest BCUT2D eigenvalue weighted by Crippen LogP contribution is 2.23. The molecule has 1 heteroatoms. The average Bonchev–Trinajstić information content (AvgIpc) is 1.98. The third kappa shape index (κ3) is 2.48. The molecular formula is C10H21N. The van der Waals surface area contributed by atoms with Crippen molar-refractivity contribution in [3.63, 3.8) is 0 Å². The lowest BCUT2D eigenvalue weighted by molar-refractivity contribution is 0.234. The van der Waals surface area contributed by atoms with E-state index >= 15 is 0 Å². The van der Waals surface area contributed by atoms with Crippen LogP contribution in [0.3, 0.4) is 0 Å². The predicted molar refractivity (Wildman–Crippen MR) is 49.6 cm³/mol. The highest BCUT2D eigenvalue weighted by Gasteiger charge is 2.22. The molecule has 1 rings (SSSR count). The van der Waals surface area contributed by atoms with Gasteiger partial charge in [0.05, 0.1) is 0 Å². The quantitative estimate of drug-likeness (QED) is 0.645. The van der Waals surface area contributed by atoms with Crippen LogP contribution in [0.5, 0.6) is 0 Å². The Labute approximate surface area is 70.6 Å². The minimum Gasteiger partial charge on any atom is -0.314 e. The second-order valence-electron chi connectivity index (χ2n) is 4.06. The van der Waals surface area contributed by atoms with Gasteiger partial charge in [0.15, 0.2) is 0 Å². The van der Waals surface area contributed by atoms with E-state index in [0.29, 0.717) is 0 Å². The summed E-state index contributed by atoms with van der Waals surface area (Å²) in [6, 6.07) is 0.739. The third-order valence-electron chi connectivity index (χ3n) is 2.98. The molecule has 0 radical (unpaired) electrons. The van der Waals surface area contributed by atoms with E-state index in [1.165, 1.54) is 25.8 Å². The molecule has 0 bridgehead atoms. The number of hydrogen-bond donors (Lipinski definition) is 1. The SMILES string of the molecule is CCCC1CNC(C)C(C)C1. The predicted octanol–water partition coefficient (Wildman–Crippen LogP) is 2.42. The molecule has 66 valence electrons. The fourth-order valence-electron chi connectivity index (χ4n) is 2.00. The van der Waals surface area contributed by atoms with Crippen LogP contribution < -0.4 is 5.32 Å². The van der Waals surface area contributed by atoms with Crippen molar-refractivity contribution in [1.82, 2.24) is 5.32 Å². The van der Waals surface area contributed by atoms with Crippen molar-refractivity contribution in [2.24, 2.45) is 11.8 Å². The van der Waals surface area contributed by atoms with Gasteiger partial charge in [0.25, 0.3) is 0 Å². The van der Waals surface area contributed by atoms with Crippen molar-refractivity contribution >= 4 is 0 Å². The zero-order chi connectivity index (χ0) is 8.27. The molecule has 0 saturated carbocycles. The second-order valence-corrected chi connectivity index (χ2v) is 4.06. The molecular weight excluding hydrogens is 134 g/mol. The largest absolute Gasteiger partial charge is 0.314 e. The Morgan fingerprint density at radius 3 is 2.64 bits per heavy atom. The molecule has 11 heavy (non-hydrogen) atoms. The maximum absolute atomic E-state index is 3.57. The molecule has 3 unspecified atom stereocenters. The Morgan fingerprint density at radius 2 is 2.09 bits per heavy atom. The molecule has 1 saturated heterocycles. The van der Waals surface area contributed by atoms with Gasteiger partial charge >= 0.3 is 0 Å². The van der Waals surface area contributed by atoms with Gasteiger partial charge in [0.1, 0.15) is 0 Å². The Morgan fingerprint density at radius 1 is 1.36 bits per heavy atom. The normalized spacial score (nSPS) is 39.0. The zero-order valence-corrected chi connectivity index (χ0v) is 8.06. The summed E-state index contributed by atoms with van der Waals surface area (Å²) in [5.74, 6) is 1.83. The van der Waals surface area contributed by atoms with E-state index in [1.54, 1.807) is 0 Å². The molecule has 0 aliphatic carbocycles. The highest BCUT2D eigenvalue weighted by atomic mass is 14.9. The number of piperidine rings is 1. The van der Waals surface area contributed by atoms with Crippen LogP contribution in [0.25, 0.3) is 0 Å². The fourth-order valence-corrected chi connectivity index (χ4v) is 2.00. The first kappa shape index (κ1) is 9.05. The molecule has 3 atom stereocenters. The van der Waals surface area contributed by atoms with Gasteiger partial charge in [-0.15, -0.1) is 0 Å². The zero-order valence-electron chi connectivity index (χ0n) is 8.06. The van der Waals surface area contributed by atoms with Gasteiger partial charge in [0.2, 0.25) is 0 Å². The maximum atomic E-state index is 3.57. The molecule has 0 aromatic rings. The Bertz CT molecular complexity index is 111. The standard InChI is InChI=1S/C10H21N/c1-4-5-10-6-8(2)9(3)11-7-10/h8-11H,4-7H2,1-3H3. The summed E-state index contributed by atoms with van der Waals surface area (Å²) in [4.78, 5) is 0. The van der Waals surface area contributed by atoms with E-state index in [-0.39, 0.29) is 0 Å². The maximum Gasteiger partial charge on any atom is 0.00645 e. The first-order valence-electron chi connectivity index (χ1n) is 4.97. The van der Waals surface area contributed by atoms with Crippen molar-refractivity contribution in [2.75, 3.05) is 6.54 Å². The van der Waals surface area contributed by atoms with Gasteiger partial charge < -0.3 is 5.32 Å². The second kappa shape index (κ2) is 4.10. The lowest BCUT2D eigenvalue weighted by Crippen LogP contribution is -2.42. The molecule has 1 fully saturated rings. The van der Waals surface area contributed by atoms with E-state index in [0.717, 1.165) is 17.9 Å². The molecule has 1 nitrogen and oxygen atoms in total. The van der Waals surface area contributed by atoms with Crippen molar-refractivity contribution < 1.29 is 0 Å². The van der Waals surface area contributed by atoms with Crippen LogP contribution in [0.15, 0.2) is 0 Å². The first-order chi connectivity index (χ1) is 5.24. The van der Waals surface area contributed by atoms with Crippen LogP contribution in [0.2, 0.25) is 0 Å². The lowest BCUT2D eigenvalue weighted by Gasteiger charge is -2.33. The number of rotatable bonds is 2. The first-order valence-corrected chi connectivity index (χ1v) is 4.97.